The molecule has 0 saturated heterocycles. The first-order valence-electron chi connectivity index (χ1n) is 7.40. The predicted molar refractivity (Wildman–Crippen MR) is 87.1 cm³/mol. The molecule has 1 amide bonds. The molecule has 1 saturated carbocycles. The third-order valence-electron chi connectivity index (χ3n) is 3.71. The van der Waals surface area contributed by atoms with Crippen molar-refractivity contribution in [3.8, 4) is 0 Å². The zero-order valence-corrected chi connectivity index (χ0v) is 12.8. The highest BCUT2D eigenvalue weighted by molar-refractivity contribution is 7.82. The molecule has 1 fully saturated rings. The fraction of sp³-hybridized carbons (Fsp3) is 0.500. The van der Waals surface area contributed by atoms with Gasteiger partial charge in [0, 0.05) is 11.7 Å². The van der Waals surface area contributed by atoms with Crippen molar-refractivity contribution >= 4 is 28.8 Å². The number of unbranched alkanes of at least 4 members (excludes halogenated alkanes) is 1. The maximum absolute atomic E-state index is 12.1. The van der Waals surface area contributed by atoms with Crippen LogP contribution >= 0.6 is 12.2 Å². The van der Waals surface area contributed by atoms with Crippen molar-refractivity contribution in [1.29, 1.82) is 0 Å². The fourth-order valence-corrected chi connectivity index (χ4v) is 2.43. The van der Waals surface area contributed by atoms with Crippen molar-refractivity contribution in [2.45, 2.75) is 51.5 Å². The fourth-order valence-electron chi connectivity index (χ4n) is 2.21. The Hall–Kier alpha value is -1.42. The van der Waals surface area contributed by atoms with Gasteiger partial charge in [0.2, 0.25) is 0 Å². The number of para-hydroxylation sites is 1. The standard InChI is InChI=1S/C16H22N2OS/c1-2-3-7-12-8-4-5-11-14(12)18-15(19)16(20)17-13-9-6-10-13/h4-5,8,11,13H,2-3,6-7,9-10H2,1H3,(H,17,20)(H,18,19). The SMILES string of the molecule is CCCCc1ccccc1NC(=O)C(=S)NC1CCC1. The zero-order chi connectivity index (χ0) is 14.4. The van der Waals surface area contributed by atoms with Crippen molar-refractivity contribution in [2.24, 2.45) is 0 Å². The Morgan fingerprint density at radius 3 is 2.75 bits per heavy atom. The molecule has 2 N–H and O–H groups in total. The lowest BCUT2D eigenvalue weighted by Gasteiger charge is -2.27. The van der Waals surface area contributed by atoms with Crippen LogP contribution in [0.1, 0.15) is 44.6 Å². The molecule has 4 heteroatoms. The van der Waals surface area contributed by atoms with E-state index >= 15 is 0 Å². The van der Waals surface area contributed by atoms with Crippen LogP contribution < -0.4 is 10.6 Å². The van der Waals surface area contributed by atoms with E-state index in [0.29, 0.717) is 11.0 Å². The Morgan fingerprint density at radius 1 is 1.35 bits per heavy atom. The third kappa shape index (κ3) is 4.04. The number of amides is 1. The summed E-state index contributed by atoms with van der Waals surface area (Å²) in [6.45, 7) is 2.17. The molecule has 0 heterocycles. The summed E-state index contributed by atoms with van der Waals surface area (Å²) in [4.78, 5) is 12.4. The van der Waals surface area contributed by atoms with Crippen molar-refractivity contribution in [2.75, 3.05) is 5.32 Å². The van der Waals surface area contributed by atoms with Crippen molar-refractivity contribution in [3.63, 3.8) is 0 Å². The van der Waals surface area contributed by atoms with Crippen LogP contribution in [0.25, 0.3) is 0 Å². The average molecular weight is 290 g/mol. The van der Waals surface area contributed by atoms with Gasteiger partial charge in [0.25, 0.3) is 5.91 Å². The Balaban J connectivity index is 1.94. The normalized spacial score (nSPS) is 14.4. The molecular formula is C16H22N2OS. The lowest BCUT2D eigenvalue weighted by molar-refractivity contribution is -0.110. The van der Waals surface area contributed by atoms with Gasteiger partial charge < -0.3 is 10.6 Å². The molecule has 1 aliphatic rings. The molecule has 1 aliphatic carbocycles. The van der Waals surface area contributed by atoms with Crippen LogP contribution in [0.4, 0.5) is 5.69 Å². The summed E-state index contributed by atoms with van der Waals surface area (Å²) in [5, 5.41) is 6.05. The minimum atomic E-state index is -0.198. The van der Waals surface area contributed by atoms with Gasteiger partial charge >= 0.3 is 0 Å². The number of nitrogens with one attached hydrogen (secondary N) is 2. The van der Waals surface area contributed by atoms with E-state index in [1.54, 1.807) is 0 Å². The van der Waals surface area contributed by atoms with Gasteiger partial charge in [-0.3, -0.25) is 4.79 Å². The molecule has 0 spiro atoms. The first kappa shape index (κ1) is 15.0. The smallest absolute Gasteiger partial charge is 0.283 e. The van der Waals surface area contributed by atoms with Crippen LogP contribution in [0.15, 0.2) is 24.3 Å². The van der Waals surface area contributed by atoms with E-state index in [9.17, 15) is 4.79 Å². The first-order chi connectivity index (χ1) is 9.70. The summed E-state index contributed by atoms with van der Waals surface area (Å²) in [5.41, 5.74) is 2.05. The molecular weight excluding hydrogens is 268 g/mol. The van der Waals surface area contributed by atoms with Crippen LogP contribution in [-0.2, 0) is 11.2 Å². The lowest BCUT2D eigenvalue weighted by Crippen LogP contribution is -2.43. The molecule has 2 rings (SSSR count). The molecule has 0 unspecified atom stereocenters. The van der Waals surface area contributed by atoms with Crippen LogP contribution in [0.5, 0.6) is 0 Å². The second-order valence-corrected chi connectivity index (χ2v) is 5.72. The summed E-state index contributed by atoms with van der Waals surface area (Å²) in [6.07, 6.45) is 6.69. The summed E-state index contributed by atoms with van der Waals surface area (Å²) >= 11 is 5.16. The van der Waals surface area contributed by atoms with E-state index in [0.717, 1.165) is 37.8 Å². The average Bonchev–Trinajstić information content (AvgIpc) is 2.41. The molecule has 20 heavy (non-hydrogen) atoms. The Labute approximate surface area is 126 Å². The van der Waals surface area contributed by atoms with E-state index < -0.39 is 0 Å². The second kappa shape index (κ2) is 7.39. The van der Waals surface area contributed by atoms with E-state index in [4.69, 9.17) is 12.2 Å². The molecule has 108 valence electrons. The molecule has 0 radical (unpaired) electrons. The number of anilines is 1. The van der Waals surface area contributed by atoms with Crippen molar-refractivity contribution in [1.82, 2.24) is 5.32 Å². The molecule has 0 aliphatic heterocycles. The molecule has 1 aromatic carbocycles. The Morgan fingerprint density at radius 2 is 2.10 bits per heavy atom. The van der Waals surface area contributed by atoms with Crippen LogP contribution in [0.2, 0.25) is 0 Å². The number of hydrogen-bond acceptors (Lipinski definition) is 2. The topological polar surface area (TPSA) is 41.1 Å². The number of benzene rings is 1. The van der Waals surface area contributed by atoms with Crippen molar-refractivity contribution < 1.29 is 4.79 Å². The third-order valence-corrected chi connectivity index (χ3v) is 4.02. The molecule has 3 nitrogen and oxygen atoms in total. The van der Waals surface area contributed by atoms with Crippen LogP contribution in [-0.4, -0.2) is 16.9 Å². The van der Waals surface area contributed by atoms with E-state index in [2.05, 4.69) is 23.6 Å². The van der Waals surface area contributed by atoms with Gasteiger partial charge in [-0.1, -0.05) is 43.8 Å². The largest absolute Gasteiger partial charge is 0.369 e. The summed E-state index contributed by atoms with van der Waals surface area (Å²) < 4.78 is 0. The van der Waals surface area contributed by atoms with Gasteiger partial charge in [-0.2, -0.15) is 0 Å². The highest BCUT2D eigenvalue weighted by Gasteiger charge is 2.21. The van der Waals surface area contributed by atoms with Gasteiger partial charge in [0.1, 0.15) is 0 Å². The zero-order valence-electron chi connectivity index (χ0n) is 11.9. The van der Waals surface area contributed by atoms with Gasteiger partial charge in [-0.15, -0.1) is 0 Å². The van der Waals surface area contributed by atoms with Crippen LogP contribution in [0, 0.1) is 0 Å². The molecule has 0 atom stereocenters. The highest BCUT2D eigenvalue weighted by Crippen LogP contribution is 2.19. The van der Waals surface area contributed by atoms with Gasteiger partial charge in [0.05, 0.1) is 0 Å². The van der Waals surface area contributed by atoms with Gasteiger partial charge in [-0.05, 0) is 43.7 Å². The minimum absolute atomic E-state index is 0.198. The molecule has 1 aromatic rings. The van der Waals surface area contributed by atoms with Gasteiger partial charge in [0.15, 0.2) is 4.99 Å². The summed E-state index contributed by atoms with van der Waals surface area (Å²) in [5.74, 6) is -0.198. The summed E-state index contributed by atoms with van der Waals surface area (Å²) in [6, 6.07) is 8.34. The van der Waals surface area contributed by atoms with Crippen molar-refractivity contribution in [3.05, 3.63) is 29.8 Å². The first-order valence-corrected chi connectivity index (χ1v) is 7.81. The number of carbonyl (C=O) groups is 1. The molecule has 0 bridgehead atoms. The number of aryl methyl sites for hydroxylation is 1. The highest BCUT2D eigenvalue weighted by atomic mass is 32.1. The Kier molecular flexibility index (Phi) is 5.53. The minimum Gasteiger partial charge on any atom is -0.369 e. The quantitative estimate of drug-likeness (QED) is 0.816. The van der Waals surface area contributed by atoms with E-state index in [1.165, 1.54) is 12.0 Å². The van der Waals surface area contributed by atoms with E-state index in [-0.39, 0.29) is 5.91 Å². The maximum atomic E-state index is 12.1. The van der Waals surface area contributed by atoms with Crippen LogP contribution in [0.3, 0.4) is 0 Å². The monoisotopic (exact) mass is 290 g/mol. The van der Waals surface area contributed by atoms with E-state index in [1.807, 2.05) is 18.2 Å². The molecule has 0 aromatic heterocycles. The number of thiocarbonyl (C=S) groups is 1. The predicted octanol–water partition coefficient (Wildman–Crippen LogP) is 3.44. The number of carbonyl (C=O) groups excluding carboxylic acids is 1. The number of hydrogen-bond donors (Lipinski definition) is 2. The van der Waals surface area contributed by atoms with Gasteiger partial charge in [-0.25, -0.2) is 0 Å². The summed E-state index contributed by atoms with van der Waals surface area (Å²) in [7, 11) is 0. The second-order valence-electron chi connectivity index (χ2n) is 5.32. The Bertz CT molecular complexity index is 483. The lowest BCUT2D eigenvalue weighted by atomic mass is 9.93. The number of rotatable bonds is 5. The maximum Gasteiger partial charge on any atom is 0.283 e.